The van der Waals surface area contributed by atoms with Gasteiger partial charge in [-0.05, 0) is 30.2 Å². The summed E-state index contributed by atoms with van der Waals surface area (Å²) in [4.78, 5) is 0. The monoisotopic (exact) mass is 293 g/mol. The summed E-state index contributed by atoms with van der Waals surface area (Å²) in [5, 5.41) is 11.6. The van der Waals surface area contributed by atoms with Gasteiger partial charge in [0.15, 0.2) is 5.82 Å². The number of benzene rings is 1. The largest absolute Gasteiger partial charge is 0.497 e. The molecule has 1 aromatic carbocycles. The summed E-state index contributed by atoms with van der Waals surface area (Å²) in [6.07, 6.45) is 1.63. The number of aryl methyl sites for hydroxylation is 1. The van der Waals surface area contributed by atoms with Crippen LogP contribution in [0, 0.1) is 6.92 Å². The summed E-state index contributed by atoms with van der Waals surface area (Å²) >= 11 is 6.16. The van der Waals surface area contributed by atoms with E-state index in [1.165, 1.54) is 0 Å². The number of hydrogen-bond acceptors (Lipinski definition) is 5. The van der Waals surface area contributed by atoms with Crippen molar-refractivity contribution < 1.29 is 9.47 Å². The van der Waals surface area contributed by atoms with Gasteiger partial charge in [-0.1, -0.05) is 11.6 Å². The Morgan fingerprint density at radius 3 is 2.40 bits per heavy atom. The SMILES string of the molecule is COc1cc(CNc2nncc(C)c2Cl)cc(OC)c1. The van der Waals surface area contributed by atoms with Gasteiger partial charge in [0.25, 0.3) is 0 Å². The van der Waals surface area contributed by atoms with E-state index >= 15 is 0 Å². The number of nitrogens with zero attached hydrogens (tertiary/aromatic N) is 2. The highest BCUT2D eigenvalue weighted by Crippen LogP contribution is 2.25. The summed E-state index contributed by atoms with van der Waals surface area (Å²) < 4.78 is 10.5. The number of ether oxygens (including phenoxy) is 2. The fourth-order valence-corrected chi connectivity index (χ4v) is 1.88. The summed E-state index contributed by atoms with van der Waals surface area (Å²) in [6.45, 7) is 2.43. The Hall–Kier alpha value is -2.01. The zero-order chi connectivity index (χ0) is 14.5. The van der Waals surface area contributed by atoms with E-state index in [0.29, 0.717) is 17.4 Å². The molecule has 106 valence electrons. The zero-order valence-corrected chi connectivity index (χ0v) is 12.4. The van der Waals surface area contributed by atoms with Crippen LogP contribution in [-0.2, 0) is 6.54 Å². The molecule has 0 atom stereocenters. The molecule has 1 heterocycles. The van der Waals surface area contributed by atoms with Gasteiger partial charge in [0.2, 0.25) is 0 Å². The van der Waals surface area contributed by atoms with Crippen molar-refractivity contribution in [3.05, 3.63) is 40.5 Å². The number of hydrogen-bond donors (Lipinski definition) is 1. The lowest BCUT2D eigenvalue weighted by Crippen LogP contribution is -2.04. The molecule has 0 amide bonds. The lowest BCUT2D eigenvalue weighted by Gasteiger charge is -2.11. The van der Waals surface area contributed by atoms with Gasteiger partial charge in [0, 0.05) is 12.6 Å². The van der Waals surface area contributed by atoms with E-state index in [0.717, 1.165) is 22.6 Å². The van der Waals surface area contributed by atoms with Crippen LogP contribution in [0.2, 0.25) is 5.02 Å². The Labute approximate surface area is 122 Å². The molecule has 0 spiro atoms. The molecule has 6 heteroatoms. The number of rotatable bonds is 5. The highest BCUT2D eigenvalue weighted by atomic mass is 35.5. The van der Waals surface area contributed by atoms with E-state index in [2.05, 4.69) is 15.5 Å². The van der Waals surface area contributed by atoms with E-state index in [4.69, 9.17) is 21.1 Å². The van der Waals surface area contributed by atoms with Crippen molar-refractivity contribution >= 4 is 17.4 Å². The molecule has 0 aliphatic carbocycles. The molecular weight excluding hydrogens is 278 g/mol. The summed E-state index contributed by atoms with van der Waals surface area (Å²) in [5.74, 6) is 2.04. The normalized spacial score (nSPS) is 10.2. The van der Waals surface area contributed by atoms with Crippen LogP contribution in [0.1, 0.15) is 11.1 Å². The Kier molecular flexibility index (Phi) is 4.63. The van der Waals surface area contributed by atoms with Gasteiger partial charge >= 0.3 is 0 Å². The Bertz CT molecular complexity index is 583. The Morgan fingerprint density at radius 1 is 1.15 bits per heavy atom. The Morgan fingerprint density at radius 2 is 1.80 bits per heavy atom. The number of anilines is 1. The number of methoxy groups -OCH3 is 2. The van der Waals surface area contributed by atoms with Crippen molar-refractivity contribution in [3.8, 4) is 11.5 Å². The fourth-order valence-electron chi connectivity index (χ4n) is 1.73. The smallest absolute Gasteiger partial charge is 0.168 e. The van der Waals surface area contributed by atoms with Gasteiger partial charge in [-0.15, -0.1) is 5.10 Å². The second-order valence-electron chi connectivity index (χ2n) is 4.26. The maximum atomic E-state index is 6.16. The summed E-state index contributed by atoms with van der Waals surface area (Å²) in [5.41, 5.74) is 1.88. The predicted molar refractivity (Wildman–Crippen MR) is 78.7 cm³/mol. The first-order chi connectivity index (χ1) is 9.63. The van der Waals surface area contributed by atoms with Crippen LogP contribution in [0.4, 0.5) is 5.82 Å². The third-order valence-electron chi connectivity index (χ3n) is 2.83. The first-order valence-electron chi connectivity index (χ1n) is 6.07. The highest BCUT2D eigenvalue weighted by molar-refractivity contribution is 6.33. The minimum Gasteiger partial charge on any atom is -0.497 e. The van der Waals surface area contributed by atoms with Crippen LogP contribution in [0.5, 0.6) is 11.5 Å². The molecule has 1 N–H and O–H groups in total. The molecule has 2 rings (SSSR count). The summed E-state index contributed by atoms with van der Waals surface area (Å²) in [7, 11) is 3.24. The molecule has 0 saturated carbocycles. The van der Waals surface area contributed by atoms with E-state index < -0.39 is 0 Å². The van der Waals surface area contributed by atoms with E-state index in [1.807, 2.05) is 25.1 Å². The van der Waals surface area contributed by atoms with Crippen molar-refractivity contribution in [2.75, 3.05) is 19.5 Å². The second kappa shape index (κ2) is 6.43. The molecule has 0 saturated heterocycles. The third-order valence-corrected chi connectivity index (χ3v) is 3.31. The van der Waals surface area contributed by atoms with Gasteiger partial charge in [-0.3, -0.25) is 0 Å². The molecular formula is C14H16ClN3O2. The lowest BCUT2D eigenvalue weighted by atomic mass is 10.2. The van der Waals surface area contributed by atoms with Crippen molar-refractivity contribution in [1.82, 2.24) is 10.2 Å². The van der Waals surface area contributed by atoms with E-state index in [-0.39, 0.29) is 0 Å². The van der Waals surface area contributed by atoms with Crippen LogP contribution < -0.4 is 14.8 Å². The van der Waals surface area contributed by atoms with Crippen LogP contribution in [0.25, 0.3) is 0 Å². The fraction of sp³-hybridized carbons (Fsp3) is 0.286. The molecule has 0 radical (unpaired) electrons. The molecule has 0 aliphatic rings. The van der Waals surface area contributed by atoms with Crippen LogP contribution in [-0.4, -0.2) is 24.4 Å². The van der Waals surface area contributed by atoms with Crippen molar-refractivity contribution in [2.45, 2.75) is 13.5 Å². The minimum atomic E-state index is 0.547. The maximum absolute atomic E-state index is 6.16. The molecule has 5 nitrogen and oxygen atoms in total. The average Bonchev–Trinajstić information content (AvgIpc) is 2.48. The number of aromatic nitrogens is 2. The van der Waals surface area contributed by atoms with Crippen LogP contribution >= 0.6 is 11.6 Å². The van der Waals surface area contributed by atoms with Crippen LogP contribution in [0.15, 0.2) is 24.4 Å². The maximum Gasteiger partial charge on any atom is 0.168 e. The highest BCUT2D eigenvalue weighted by Gasteiger charge is 2.06. The molecule has 20 heavy (non-hydrogen) atoms. The third kappa shape index (κ3) is 3.30. The summed E-state index contributed by atoms with van der Waals surface area (Å²) in [6, 6.07) is 5.67. The van der Waals surface area contributed by atoms with Crippen molar-refractivity contribution in [2.24, 2.45) is 0 Å². The molecule has 0 aliphatic heterocycles. The van der Waals surface area contributed by atoms with Gasteiger partial charge < -0.3 is 14.8 Å². The standard InChI is InChI=1S/C14H16ClN3O2/c1-9-7-17-18-14(13(9)15)16-8-10-4-11(19-2)6-12(5-10)20-3/h4-7H,8H2,1-3H3,(H,16,18). The molecule has 0 fully saturated rings. The van der Waals surface area contributed by atoms with Gasteiger partial charge in [-0.2, -0.15) is 5.10 Å². The minimum absolute atomic E-state index is 0.547. The first kappa shape index (κ1) is 14.4. The van der Waals surface area contributed by atoms with E-state index in [9.17, 15) is 0 Å². The number of halogens is 1. The lowest BCUT2D eigenvalue weighted by molar-refractivity contribution is 0.393. The predicted octanol–water partition coefficient (Wildman–Crippen LogP) is 3.07. The van der Waals surface area contributed by atoms with Gasteiger partial charge in [0.1, 0.15) is 11.5 Å². The first-order valence-corrected chi connectivity index (χ1v) is 6.45. The zero-order valence-electron chi connectivity index (χ0n) is 11.6. The van der Waals surface area contributed by atoms with Crippen molar-refractivity contribution in [3.63, 3.8) is 0 Å². The molecule has 0 unspecified atom stereocenters. The van der Waals surface area contributed by atoms with Gasteiger partial charge in [0.05, 0.1) is 25.4 Å². The molecule has 1 aromatic heterocycles. The van der Waals surface area contributed by atoms with Gasteiger partial charge in [-0.25, -0.2) is 0 Å². The molecule has 2 aromatic rings. The van der Waals surface area contributed by atoms with Crippen LogP contribution in [0.3, 0.4) is 0 Å². The average molecular weight is 294 g/mol. The topological polar surface area (TPSA) is 56.3 Å². The quantitative estimate of drug-likeness (QED) is 0.918. The van der Waals surface area contributed by atoms with Crippen molar-refractivity contribution in [1.29, 1.82) is 0 Å². The Balaban J connectivity index is 2.16. The number of nitrogens with one attached hydrogen (secondary N) is 1. The van der Waals surface area contributed by atoms with E-state index in [1.54, 1.807) is 20.4 Å². The second-order valence-corrected chi connectivity index (χ2v) is 4.64. The molecule has 0 bridgehead atoms.